The number of ether oxygens (including phenoxy) is 1. The number of nitriles is 1. The zero-order valence-electron chi connectivity index (χ0n) is 12.9. The van der Waals surface area contributed by atoms with Gasteiger partial charge >= 0.3 is 0 Å². The lowest BCUT2D eigenvalue weighted by Gasteiger charge is -2.11. The zero-order chi connectivity index (χ0) is 15.9. The van der Waals surface area contributed by atoms with E-state index in [1.807, 2.05) is 30.3 Å². The summed E-state index contributed by atoms with van der Waals surface area (Å²) in [6, 6.07) is 11.2. The van der Waals surface area contributed by atoms with Gasteiger partial charge in [0.15, 0.2) is 0 Å². The quantitative estimate of drug-likeness (QED) is 0.822. The van der Waals surface area contributed by atoms with E-state index < -0.39 is 0 Å². The number of aryl methyl sites for hydroxylation is 1. The highest BCUT2D eigenvalue weighted by molar-refractivity contribution is 5.67. The van der Waals surface area contributed by atoms with Crippen LogP contribution in [0.1, 0.15) is 25.3 Å². The van der Waals surface area contributed by atoms with Crippen molar-refractivity contribution in [2.45, 2.75) is 32.7 Å². The molecule has 2 aromatic rings. The van der Waals surface area contributed by atoms with Crippen LogP contribution in [-0.4, -0.2) is 16.9 Å². The molecule has 0 saturated carbocycles. The first-order chi connectivity index (χ1) is 10.7. The minimum absolute atomic E-state index is 0.0790. The van der Waals surface area contributed by atoms with E-state index in [0.717, 1.165) is 18.4 Å². The van der Waals surface area contributed by atoms with Crippen molar-refractivity contribution in [2.24, 2.45) is 0 Å². The Labute approximate surface area is 129 Å². The number of aromatic nitrogens is 2. The summed E-state index contributed by atoms with van der Waals surface area (Å²) in [6.45, 7) is 2.61. The normalized spacial score (nSPS) is 10.2. The lowest BCUT2D eigenvalue weighted by atomic mass is 10.1. The number of methoxy groups -OCH3 is 1. The molecule has 0 radical (unpaired) electrons. The van der Waals surface area contributed by atoms with Crippen LogP contribution < -0.4 is 10.3 Å². The van der Waals surface area contributed by atoms with Crippen LogP contribution in [0.4, 0.5) is 0 Å². The molecule has 0 bridgehead atoms. The first-order valence-corrected chi connectivity index (χ1v) is 7.32. The van der Waals surface area contributed by atoms with Gasteiger partial charge in [0.1, 0.15) is 5.75 Å². The van der Waals surface area contributed by atoms with Crippen LogP contribution in [-0.2, 0) is 13.0 Å². The SMILES string of the molecule is CCCCn1nc(-c2ccccc2OC)cc(CC#N)c1=O. The molecule has 0 aliphatic heterocycles. The molecule has 0 N–H and O–H groups in total. The number of hydrogen-bond acceptors (Lipinski definition) is 4. The van der Waals surface area contributed by atoms with Crippen LogP contribution in [0.3, 0.4) is 0 Å². The van der Waals surface area contributed by atoms with Crippen molar-refractivity contribution in [1.29, 1.82) is 5.26 Å². The lowest BCUT2D eigenvalue weighted by molar-refractivity contribution is 0.416. The van der Waals surface area contributed by atoms with Gasteiger partial charge in [-0.05, 0) is 24.6 Å². The molecule has 5 nitrogen and oxygen atoms in total. The van der Waals surface area contributed by atoms with Crippen molar-refractivity contribution in [2.75, 3.05) is 7.11 Å². The Kier molecular flexibility index (Phi) is 5.31. The highest BCUT2D eigenvalue weighted by atomic mass is 16.5. The smallest absolute Gasteiger partial charge is 0.271 e. The van der Waals surface area contributed by atoms with E-state index in [0.29, 0.717) is 23.6 Å². The third kappa shape index (κ3) is 3.34. The number of benzene rings is 1. The molecule has 5 heteroatoms. The van der Waals surface area contributed by atoms with E-state index in [2.05, 4.69) is 12.0 Å². The summed E-state index contributed by atoms with van der Waals surface area (Å²) in [7, 11) is 1.60. The van der Waals surface area contributed by atoms with Crippen LogP contribution in [0.25, 0.3) is 11.3 Å². The zero-order valence-corrected chi connectivity index (χ0v) is 12.9. The van der Waals surface area contributed by atoms with Crippen molar-refractivity contribution in [3.8, 4) is 23.1 Å². The van der Waals surface area contributed by atoms with Crippen molar-refractivity contribution in [1.82, 2.24) is 9.78 Å². The summed E-state index contributed by atoms with van der Waals surface area (Å²) in [5.74, 6) is 0.693. The molecule has 0 amide bonds. The summed E-state index contributed by atoms with van der Waals surface area (Å²) in [4.78, 5) is 12.3. The predicted molar refractivity (Wildman–Crippen MR) is 84.7 cm³/mol. The van der Waals surface area contributed by atoms with Gasteiger partial charge in [0.2, 0.25) is 0 Å². The van der Waals surface area contributed by atoms with E-state index in [4.69, 9.17) is 10.00 Å². The van der Waals surface area contributed by atoms with Crippen molar-refractivity contribution in [3.63, 3.8) is 0 Å². The Morgan fingerprint density at radius 1 is 1.36 bits per heavy atom. The fourth-order valence-electron chi connectivity index (χ4n) is 2.26. The topological polar surface area (TPSA) is 67.9 Å². The van der Waals surface area contributed by atoms with Crippen LogP contribution in [0.15, 0.2) is 35.1 Å². The van der Waals surface area contributed by atoms with Gasteiger partial charge in [0, 0.05) is 17.7 Å². The third-order valence-electron chi connectivity index (χ3n) is 3.42. The first kappa shape index (κ1) is 15.8. The summed E-state index contributed by atoms with van der Waals surface area (Å²) in [5, 5.41) is 13.4. The fourth-order valence-corrected chi connectivity index (χ4v) is 2.26. The Balaban J connectivity index is 2.58. The molecule has 0 saturated heterocycles. The van der Waals surface area contributed by atoms with Crippen LogP contribution in [0.2, 0.25) is 0 Å². The van der Waals surface area contributed by atoms with Crippen molar-refractivity contribution >= 4 is 0 Å². The van der Waals surface area contributed by atoms with Crippen LogP contribution in [0.5, 0.6) is 5.75 Å². The Hall–Kier alpha value is -2.61. The summed E-state index contributed by atoms with van der Waals surface area (Å²) in [6.07, 6.45) is 1.92. The van der Waals surface area contributed by atoms with Gasteiger partial charge in [-0.3, -0.25) is 4.79 Å². The molecule has 1 aromatic carbocycles. The Bertz CT molecular complexity index is 744. The van der Waals surface area contributed by atoms with E-state index in [1.165, 1.54) is 4.68 Å². The molecule has 1 aromatic heterocycles. The third-order valence-corrected chi connectivity index (χ3v) is 3.42. The Morgan fingerprint density at radius 3 is 2.82 bits per heavy atom. The molecule has 114 valence electrons. The monoisotopic (exact) mass is 297 g/mol. The molecule has 0 spiro atoms. The van der Waals surface area contributed by atoms with Gasteiger partial charge in [0.05, 0.1) is 25.3 Å². The van der Waals surface area contributed by atoms with Crippen molar-refractivity contribution in [3.05, 3.63) is 46.2 Å². The average molecular weight is 297 g/mol. The Morgan fingerprint density at radius 2 is 2.14 bits per heavy atom. The summed E-state index contributed by atoms with van der Waals surface area (Å²) >= 11 is 0. The first-order valence-electron chi connectivity index (χ1n) is 7.32. The highest BCUT2D eigenvalue weighted by Crippen LogP contribution is 2.27. The van der Waals surface area contributed by atoms with Crippen molar-refractivity contribution < 1.29 is 4.74 Å². The van der Waals surface area contributed by atoms with Gasteiger partial charge in [0.25, 0.3) is 5.56 Å². The number of hydrogen-bond donors (Lipinski definition) is 0. The molecule has 0 aliphatic carbocycles. The average Bonchev–Trinajstić information content (AvgIpc) is 2.55. The van der Waals surface area contributed by atoms with E-state index in [1.54, 1.807) is 13.2 Å². The predicted octanol–water partition coefficient (Wildman–Crippen LogP) is 2.79. The maximum Gasteiger partial charge on any atom is 0.271 e. The second-order valence-corrected chi connectivity index (χ2v) is 4.97. The number of rotatable bonds is 6. The van der Waals surface area contributed by atoms with Gasteiger partial charge in [-0.1, -0.05) is 25.5 Å². The highest BCUT2D eigenvalue weighted by Gasteiger charge is 2.12. The van der Waals surface area contributed by atoms with E-state index in [-0.39, 0.29) is 12.0 Å². The molecule has 2 rings (SSSR count). The molecule has 0 fully saturated rings. The van der Waals surface area contributed by atoms with Crippen LogP contribution in [0, 0.1) is 11.3 Å². The molecule has 0 unspecified atom stereocenters. The summed E-state index contributed by atoms with van der Waals surface area (Å²) in [5.41, 5.74) is 1.75. The van der Waals surface area contributed by atoms with Crippen LogP contribution >= 0.6 is 0 Å². The maximum atomic E-state index is 12.3. The lowest BCUT2D eigenvalue weighted by Crippen LogP contribution is -2.26. The minimum atomic E-state index is -0.186. The van der Waals surface area contributed by atoms with Gasteiger partial charge < -0.3 is 4.74 Å². The minimum Gasteiger partial charge on any atom is -0.496 e. The fraction of sp³-hybridized carbons (Fsp3) is 0.353. The van der Waals surface area contributed by atoms with Gasteiger partial charge in [-0.15, -0.1) is 0 Å². The summed E-state index contributed by atoms with van der Waals surface area (Å²) < 4.78 is 6.81. The molecule has 0 atom stereocenters. The largest absolute Gasteiger partial charge is 0.496 e. The molecular formula is C17H19N3O2. The molecule has 22 heavy (non-hydrogen) atoms. The van der Waals surface area contributed by atoms with E-state index >= 15 is 0 Å². The number of para-hydroxylation sites is 1. The number of nitrogens with zero attached hydrogens (tertiary/aromatic N) is 3. The van der Waals surface area contributed by atoms with Gasteiger partial charge in [-0.2, -0.15) is 10.4 Å². The maximum absolute atomic E-state index is 12.3. The second kappa shape index (κ2) is 7.41. The molecule has 1 heterocycles. The standard InChI is InChI=1S/C17H19N3O2/c1-3-4-11-20-17(21)13(9-10-18)12-15(19-20)14-7-5-6-8-16(14)22-2/h5-8,12H,3-4,9,11H2,1-2H3. The van der Waals surface area contributed by atoms with E-state index in [9.17, 15) is 4.79 Å². The molecule has 0 aliphatic rings. The van der Waals surface area contributed by atoms with Gasteiger partial charge in [-0.25, -0.2) is 4.68 Å². The second-order valence-electron chi connectivity index (χ2n) is 4.97. The number of unbranched alkanes of at least 4 members (excludes halogenated alkanes) is 1. The molecular weight excluding hydrogens is 278 g/mol.